The van der Waals surface area contributed by atoms with Crippen molar-refractivity contribution in [2.45, 2.75) is 433 Å². The highest BCUT2D eigenvalue weighted by atomic mass is 19.4. The van der Waals surface area contributed by atoms with Crippen LogP contribution in [0.1, 0.15) is 361 Å². The fraction of sp³-hybridized carbons (Fsp3) is 0.980. The zero-order valence-electron chi connectivity index (χ0n) is 77.8. The van der Waals surface area contributed by atoms with E-state index >= 15 is 0 Å². The van der Waals surface area contributed by atoms with E-state index in [1.807, 2.05) is 0 Å². The normalized spacial score (nSPS) is 49.5. The topological polar surface area (TPSA) is 182 Å². The van der Waals surface area contributed by atoms with Crippen LogP contribution in [0.25, 0.3) is 0 Å². The van der Waals surface area contributed by atoms with Crippen molar-refractivity contribution in [1.82, 2.24) is 0 Å². The second-order valence-corrected chi connectivity index (χ2v) is 47.6. The van der Waals surface area contributed by atoms with Crippen molar-refractivity contribution in [1.29, 1.82) is 0 Å². The molecule has 16 aliphatic carbocycles. The minimum absolute atomic E-state index is 0.0536. The zero-order chi connectivity index (χ0) is 90.5. The van der Waals surface area contributed by atoms with Gasteiger partial charge in [-0.1, -0.05) is 122 Å². The lowest BCUT2D eigenvalue weighted by atomic mass is 9.43. The molecule has 708 valence electrons. The zero-order valence-corrected chi connectivity index (χ0v) is 77.8. The van der Waals surface area contributed by atoms with Gasteiger partial charge in [0.05, 0.1) is 22.4 Å². The van der Waals surface area contributed by atoms with Gasteiger partial charge in [0.2, 0.25) is 0 Å². The van der Waals surface area contributed by atoms with E-state index in [9.17, 15) is 93.5 Å². The average Bonchev–Trinajstić information content (AvgIpc) is 1.47. The van der Waals surface area contributed by atoms with Crippen molar-refractivity contribution in [2.24, 2.45) is 179 Å². The van der Waals surface area contributed by atoms with Gasteiger partial charge < -0.3 is 46.0 Å². The Kier molecular flexibility index (Phi) is 28.7. The van der Waals surface area contributed by atoms with Crippen LogP contribution >= 0.6 is 0 Å². The minimum atomic E-state index is -4.54. The van der Waals surface area contributed by atoms with Crippen LogP contribution in [0.15, 0.2) is 11.6 Å². The van der Waals surface area contributed by atoms with Crippen LogP contribution in [0, 0.1) is 179 Å². The number of hydrogen-bond donors (Lipinski definition) is 9. The lowest BCUT2D eigenvalue weighted by molar-refractivity contribution is -0.228. The summed E-state index contributed by atoms with van der Waals surface area (Å²) in [6.45, 7) is 33.5. The summed E-state index contributed by atoms with van der Waals surface area (Å²) in [4.78, 5) is 0. The van der Waals surface area contributed by atoms with Gasteiger partial charge in [0.1, 0.15) is 0 Å². The summed E-state index contributed by atoms with van der Waals surface area (Å²) >= 11 is 0. The van der Waals surface area contributed by atoms with Crippen LogP contribution in [0.5, 0.6) is 0 Å². The Morgan fingerprint density at radius 1 is 0.295 bits per heavy atom. The molecule has 15 saturated carbocycles. The highest BCUT2D eigenvalue weighted by molar-refractivity contribution is 5.28. The number of alkyl halides is 12. The smallest absolute Gasteiger partial charge is 0.400 e. The van der Waals surface area contributed by atoms with Crippen LogP contribution in [0.4, 0.5) is 52.7 Å². The molecule has 0 bridgehead atoms. The van der Waals surface area contributed by atoms with E-state index in [1.165, 1.54) is 5.57 Å². The highest BCUT2D eigenvalue weighted by Crippen LogP contribution is 2.75. The van der Waals surface area contributed by atoms with Crippen LogP contribution in [0.2, 0.25) is 0 Å². The monoisotopic (exact) mass is 1750 g/mol. The molecule has 39 atom stereocenters. The summed E-state index contributed by atoms with van der Waals surface area (Å²) in [6.07, 6.45) is 13.4. The molecule has 15 fully saturated rings. The van der Waals surface area contributed by atoms with Gasteiger partial charge in [-0.2, -0.15) is 52.7 Å². The third-order valence-electron chi connectivity index (χ3n) is 43.5. The molecule has 0 unspecified atom stereocenters. The van der Waals surface area contributed by atoms with Gasteiger partial charge in [-0.15, -0.1) is 0 Å². The van der Waals surface area contributed by atoms with Crippen molar-refractivity contribution in [3.8, 4) is 0 Å². The molecule has 9 N–H and O–H groups in total. The van der Waals surface area contributed by atoms with Crippen molar-refractivity contribution < 1.29 is 98.6 Å². The molecular formula is C101H166F12O9. The number of hydrogen-bond acceptors (Lipinski definition) is 9. The molecule has 0 aliphatic heterocycles. The van der Waals surface area contributed by atoms with Gasteiger partial charge in [-0.3, -0.25) is 0 Å². The largest absolute Gasteiger partial charge is 0.414 e. The molecule has 0 saturated heterocycles. The molecule has 0 aromatic carbocycles. The Labute approximate surface area is 726 Å². The minimum Gasteiger partial charge on any atom is -0.400 e. The lowest BCUT2D eigenvalue weighted by Crippen LogP contribution is -2.56. The predicted octanol–water partition coefficient (Wildman–Crippen LogP) is 24.9. The molecule has 122 heavy (non-hydrogen) atoms. The highest BCUT2D eigenvalue weighted by Gasteiger charge is 2.69. The first-order valence-electron chi connectivity index (χ1n) is 49.5. The van der Waals surface area contributed by atoms with Gasteiger partial charge in [-0.25, -0.2) is 0 Å². The molecule has 0 aromatic heterocycles. The Balaban J connectivity index is 0.000000148. The molecule has 0 amide bonds. The maximum absolute atomic E-state index is 13.2. The molecule has 0 radical (unpaired) electrons. The van der Waals surface area contributed by atoms with Crippen molar-refractivity contribution in [3.05, 3.63) is 11.6 Å². The summed E-state index contributed by atoms with van der Waals surface area (Å²) in [5.74, 6) is 5.18. The Morgan fingerprint density at radius 3 is 0.787 bits per heavy atom. The molecule has 0 heterocycles. The Morgan fingerprint density at radius 2 is 0.533 bits per heavy atom. The van der Waals surface area contributed by atoms with E-state index < -0.39 is 95.2 Å². The van der Waals surface area contributed by atoms with E-state index in [2.05, 4.69) is 89.2 Å². The fourth-order valence-electron chi connectivity index (χ4n) is 35.6. The lowest BCUT2D eigenvalue weighted by Gasteiger charge is -2.62. The maximum Gasteiger partial charge on any atom is 0.414 e. The second-order valence-electron chi connectivity index (χ2n) is 47.6. The number of rotatable bonds is 12. The second kappa shape index (κ2) is 35.2. The van der Waals surface area contributed by atoms with Gasteiger partial charge in [0, 0.05) is 7.11 Å². The third-order valence-corrected chi connectivity index (χ3v) is 43.5. The molecule has 9 nitrogen and oxygen atoms in total. The van der Waals surface area contributed by atoms with E-state index in [-0.39, 0.29) is 67.0 Å². The van der Waals surface area contributed by atoms with E-state index in [1.54, 1.807) is 27.7 Å². The van der Waals surface area contributed by atoms with E-state index in [0.29, 0.717) is 88.8 Å². The Hall–Kier alpha value is -1.46. The maximum atomic E-state index is 13.2. The number of aliphatic hydroxyl groups is 9. The third kappa shape index (κ3) is 17.4. The van der Waals surface area contributed by atoms with Crippen LogP contribution in [-0.4, -0.2) is 125 Å². The average molecular weight is 1750 g/mol. The van der Waals surface area contributed by atoms with Gasteiger partial charge >= 0.3 is 24.7 Å². The SMILES string of the molecule is CC[C@]1(O)CC[C@@]2(C)C(=CC[C@H]3[C@@H]4CC[C@H]([C@H](C)[C@@H](O)C(F)(F)F)[C@@]4(C)CC[C@@H]32)C1.CC[C@]1(O)CC[C@@]2(C)[C@H](CC[C@@H]3[C@@H]2CC[C@]2(C)[C@@H]([C@H](C)[C@@H](O)C(F)(F)F)CC[C@@H]32)C1.CC[C@]1(O)CC[C@@]2(C)[C@H](CC[C@@H]3[C@@H]2CC[C@]2(C)[C@@H]([C@H](C)[C@@H](O)C(F)(F)F)CC[C@@H]32)C1.CC[C@]1(O)CC[C@@]2(C)[C@H](CC[C@@H]3[C@@H]2CC[C@]2(C)[C@@H]([C@H](C)[C@@H](O)C(F)(F)F)CC[C@@H]32)C1.CO. The summed E-state index contributed by atoms with van der Waals surface area (Å²) in [5.41, 5.74) is -0.0952. The van der Waals surface area contributed by atoms with E-state index in [0.717, 1.165) is 258 Å². The van der Waals surface area contributed by atoms with Crippen molar-refractivity contribution in [2.75, 3.05) is 7.11 Å². The van der Waals surface area contributed by atoms with Gasteiger partial charge in [-0.05, 0) is 430 Å². The van der Waals surface area contributed by atoms with Gasteiger partial charge in [0.15, 0.2) is 24.4 Å². The number of allylic oxidation sites excluding steroid dienone is 1. The number of fused-ring (bicyclic) bond motifs is 20. The Bertz CT molecular complexity index is 3290. The quantitative estimate of drug-likeness (QED) is 0.0678. The summed E-state index contributed by atoms with van der Waals surface area (Å²) < 4.78 is 159. The number of halogens is 12. The first kappa shape index (κ1) is 99.6. The van der Waals surface area contributed by atoms with Crippen LogP contribution in [0.3, 0.4) is 0 Å². The van der Waals surface area contributed by atoms with E-state index in [4.69, 9.17) is 5.11 Å². The first-order valence-corrected chi connectivity index (χ1v) is 49.5. The molecule has 16 aliphatic rings. The molecule has 0 aromatic rings. The molecule has 21 heteroatoms. The summed E-state index contributed by atoms with van der Waals surface area (Å²) in [5, 5.41) is 90.5. The molecular weight excluding hydrogens is 1590 g/mol. The standard InChI is InChI=1S/3C25H41F3O2.C25H39F3O2.CH4O/c4*1-5-24(30)13-12-22(3)16(14-24)6-7-17-19-9-8-18(15(2)21(29)25(26,27)28)23(19,4)11-10-20(17)22;1-2/h3*15-21,29-30H,5-14H2,1-4H3;6,15,17-21,29-30H,5,7-14H2,1-4H3;2H,1H3/t3*15-,16+,17-,18+,19-,20-,21+,22-,23+,24-;15-,17-,18+,19-,20-,21+,22-,23+,24-;/m0000./s1. The predicted molar refractivity (Wildman–Crippen MR) is 455 cm³/mol. The fourth-order valence-corrected chi connectivity index (χ4v) is 35.6. The first-order chi connectivity index (χ1) is 56.4. The van der Waals surface area contributed by atoms with Crippen molar-refractivity contribution >= 4 is 0 Å². The van der Waals surface area contributed by atoms with Gasteiger partial charge in [0.25, 0.3) is 0 Å². The van der Waals surface area contributed by atoms with Crippen molar-refractivity contribution in [3.63, 3.8) is 0 Å². The number of aliphatic hydroxyl groups excluding tert-OH is 5. The molecule has 16 rings (SSSR count). The summed E-state index contributed by atoms with van der Waals surface area (Å²) in [6, 6.07) is 0. The van der Waals surface area contributed by atoms with Crippen LogP contribution < -0.4 is 0 Å². The van der Waals surface area contributed by atoms with Crippen LogP contribution in [-0.2, 0) is 0 Å². The summed E-state index contributed by atoms with van der Waals surface area (Å²) in [7, 11) is 1.00. The molecule has 0 spiro atoms.